The Balaban J connectivity index is 1.38. The lowest BCUT2D eigenvalue weighted by atomic mass is 10.2. The predicted molar refractivity (Wildman–Crippen MR) is 126 cm³/mol. The fourth-order valence-corrected chi connectivity index (χ4v) is 6.21. The summed E-state index contributed by atoms with van der Waals surface area (Å²) in [5.41, 5.74) is 3.33. The van der Waals surface area contributed by atoms with Gasteiger partial charge >= 0.3 is 0 Å². The number of rotatable bonds is 7. The molecule has 5 rings (SSSR count). The second kappa shape index (κ2) is 9.30. The molecule has 3 heterocycles. The van der Waals surface area contributed by atoms with Gasteiger partial charge in [0.25, 0.3) is 0 Å². The van der Waals surface area contributed by atoms with Gasteiger partial charge in [-0.15, -0.1) is 0 Å². The normalized spacial score (nSPS) is 15.3. The molecule has 1 aliphatic heterocycles. The predicted octanol–water partition coefficient (Wildman–Crippen LogP) is 4.02. The molecule has 0 bridgehead atoms. The summed E-state index contributed by atoms with van der Waals surface area (Å²) >= 11 is 1.55. The molecule has 0 N–H and O–H groups in total. The van der Waals surface area contributed by atoms with Crippen molar-refractivity contribution in [3.63, 3.8) is 0 Å². The number of nitrogens with zero attached hydrogens (tertiary/aromatic N) is 4. The highest BCUT2D eigenvalue weighted by atomic mass is 32.2. The Morgan fingerprint density at radius 1 is 1.06 bits per heavy atom. The number of hydrogen-bond acceptors (Lipinski definition) is 7. The molecule has 8 nitrogen and oxygen atoms in total. The Hall–Kier alpha value is -2.66. The monoisotopic (exact) mass is 484 g/mol. The molecule has 0 radical (unpaired) electrons. The number of oxazole rings is 1. The van der Waals surface area contributed by atoms with Crippen LogP contribution in [0, 0.1) is 0 Å². The number of ether oxygens (including phenoxy) is 1. The SMILES string of the molecule is CCn1c(SCc2coc(-c3ccccc3)n2)nc2cc(S(=O)(=O)N3CCOCC3)ccc21. The van der Waals surface area contributed by atoms with Gasteiger partial charge in [0.15, 0.2) is 5.16 Å². The lowest BCUT2D eigenvalue weighted by Crippen LogP contribution is -2.40. The van der Waals surface area contributed by atoms with Crippen LogP contribution < -0.4 is 0 Å². The minimum atomic E-state index is -3.57. The third-order valence-corrected chi connectivity index (χ3v) is 8.43. The van der Waals surface area contributed by atoms with Crippen LogP contribution in [0.5, 0.6) is 0 Å². The Morgan fingerprint density at radius 3 is 2.61 bits per heavy atom. The highest BCUT2D eigenvalue weighted by Crippen LogP contribution is 2.30. The molecule has 0 saturated carbocycles. The molecule has 10 heteroatoms. The van der Waals surface area contributed by atoms with Crippen LogP contribution in [0.4, 0.5) is 0 Å². The summed E-state index contributed by atoms with van der Waals surface area (Å²) in [6.07, 6.45) is 1.67. The van der Waals surface area contributed by atoms with E-state index < -0.39 is 10.0 Å². The Labute approximate surface area is 196 Å². The smallest absolute Gasteiger partial charge is 0.243 e. The molecule has 0 unspecified atom stereocenters. The number of aromatic nitrogens is 3. The van der Waals surface area contributed by atoms with Crippen molar-refractivity contribution in [2.24, 2.45) is 0 Å². The lowest BCUT2D eigenvalue weighted by molar-refractivity contribution is 0.0730. The number of sulfonamides is 1. The molecule has 1 fully saturated rings. The van der Waals surface area contributed by atoms with Crippen LogP contribution in [-0.4, -0.2) is 53.6 Å². The maximum atomic E-state index is 13.0. The van der Waals surface area contributed by atoms with Crippen LogP contribution >= 0.6 is 11.8 Å². The van der Waals surface area contributed by atoms with E-state index in [2.05, 4.69) is 9.55 Å². The summed E-state index contributed by atoms with van der Waals surface area (Å²) in [7, 11) is -3.57. The fourth-order valence-electron chi connectivity index (χ4n) is 3.82. The van der Waals surface area contributed by atoms with Gasteiger partial charge in [0, 0.05) is 31.0 Å². The summed E-state index contributed by atoms with van der Waals surface area (Å²) in [5, 5.41) is 0.817. The largest absolute Gasteiger partial charge is 0.444 e. The van der Waals surface area contributed by atoms with Gasteiger partial charge in [-0.25, -0.2) is 18.4 Å². The van der Waals surface area contributed by atoms with E-state index in [0.29, 0.717) is 43.5 Å². The van der Waals surface area contributed by atoms with Gasteiger partial charge in [-0.2, -0.15) is 4.31 Å². The minimum Gasteiger partial charge on any atom is -0.444 e. The summed E-state index contributed by atoms with van der Waals surface area (Å²) in [4.78, 5) is 9.59. The minimum absolute atomic E-state index is 0.262. The van der Waals surface area contributed by atoms with Gasteiger partial charge in [0.05, 0.1) is 34.8 Å². The first-order chi connectivity index (χ1) is 16.1. The quantitative estimate of drug-likeness (QED) is 0.366. The van der Waals surface area contributed by atoms with Gasteiger partial charge in [0.1, 0.15) is 6.26 Å². The van der Waals surface area contributed by atoms with Gasteiger partial charge in [0.2, 0.25) is 15.9 Å². The Bertz CT molecular complexity index is 1360. The van der Waals surface area contributed by atoms with E-state index >= 15 is 0 Å². The third kappa shape index (κ3) is 4.43. The first-order valence-corrected chi connectivity index (χ1v) is 13.2. The van der Waals surface area contributed by atoms with Crippen molar-refractivity contribution in [1.82, 2.24) is 18.8 Å². The molecular weight excluding hydrogens is 460 g/mol. The number of thioether (sulfide) groups is 1. The van der Waals surface area contributed by atoms with Crippen LogP contribution in [0.1, 0.15) is 12.6 Å². The summed E-state index contributed by atoms with van der Waals surface area (Å²) < 4.78 is 40.5. The second-order valence-corrected chi connectivity index (χ2v) is 10.5. The van der Waals surface area contributed by atoms with E-state index in [1.54, 1.807) is 30.2 Å². The number of benzene rings is 2. The van der Waals surface area contributed by atoms with E-state index in [9.17, 15) is 8.42 Å². The summed E-state index contributed by atoms with van der Waals surface area (Å²) in [6.45, 7) is 4.35. The topological polar surface area (TPSA) is 90.5 Å². The zero-order chi connectivity index (χ0) is 22.8. The van der Waals surface area contributed by atoms with Crippen molar-refractivity contribution >= 4 is 32.8 Å². The zero-order valence-electron chi connectivity index (χ0n) is 18.2. The van der Waals surface area contributed by atoms with Crippen LogP contribution in [0.3, 0.4) is 0 Å². The van der Waals surface area contributed by atoms with E-state index in [4.69, 9.17) is 14.1 Å². The molecule has 33 heavy (non-hydrogen) atoms. The van der Waals surface area contributed by atoms with Crippen molar-refractivity contribution in [1.29, 1.82) is 0 Å². The maximum absolute atomic E-state index is 13.0. The van der Waals surface area contributed by atoms with E-state index in [0.717, 1.165) is 28.5 Å². The fraction of sp³-hybridized carbons (Fsp3) is 0.304. The average Bonchev–Trinajstić information content (AvgIpc) is 3.47. The zero-order valence-corrected chi connectivity index (χ0v) is 19.8. The first-order valence-electron chi connectivity index (χ1n) is 10.8. The first kappa shape index (κ1) is 22.1. The summed E-state index contributed by atoms with van der Waals surface area (Å²) in [5.74, 6) is 1.19. The maximum Gasteiger partial charge on any atom is 0.243 e. The lowest BCUT2D eigenvalue weighted by Gasteiger charge is -2.26. The highest BCUT2D eigenvalue weighted by molar-refractivity contribution is 7.98. The molecular formula is C23H24N4O4S2. The van der Waals surface area contributed by atoms with Crippen LogP contribution in [0.25, 0.3) is 22.5 Å². The summed E-state index contributed by atoms with van der Waals surface area (Å²) in [6, 6.07) is 14.9. The van der Waals surface area contributed by atoms with E-state index in [1.807, 2.05) is 43.3 Å². The molecule has 172 valence electrons. The van der Waals surface area contributed by atoms with Crippen LogP contribution in [-0.2, 0) is 27.1 Å². The Morgan fingerprint density at radius 2 is 1.85 bits per heavy atom. The van der Waals surface area contributed by atoms with E-state index in [1.165, 1.54) is 4.31 Å². The van der Waals surface area contributed by atoms with Crippen molar-refractivity contribution in [2.45, 2.75) is 29.3 Å². The highest BCUT2D eigenvalue weighted by Gasteiger charge is 2.27. The molecule has 0 aliphatic carbocycles. The van der Waals surface area contributed by atoms with Crippen LogP contribution in [0.2, 0.25) is 0 Å². The van der Waals surface area contributed by atoms with Gasteiger partial charge in [-0.05, 0) is 37.3 Å². The number of morpholine rings is 1. The third-order valence-electron chi connectivity index (χ3n) is 5.53. The molecule has 4 aromatic rings. The van der Waals surface area contributed by atoms with Gasteiger partial charge < -0.3 is 13.7 Å². The number of hydrogen-bond donors (Lipinski definition) is 0. The molecule has 0 amide bonds. The molecule has 1 saturated heterocycles. The van der Waals surface area contributed by atoms with Crippen molar-refractivity contribution in [3.8, 4) is 11.5 Å². The molecule has 2 aromatic carbocycles. The van der Waals surface area contributed by atoms with Crippen molar-refractivity contribution < 1.29 is 17.6 Å². The standard InChI is InChI=1S/C23H24N4O4S2/c1-2-27-21-9-8-19(33(28,29)26-10-12-30-13-11-26)14-20(21)25-23(27)32-16-18-15-31-22(24-18)17-6-4-3-5-7-17/h3-9,14-15H,2,10-13,16H2,1H3. The number of fused-ring (bicyclic) bond motifs is 1. The van der Waals surface area contributed by atoms with Crippen molar-refractivity contribution in [3.05, 3.63) is 60.5 Å². The van der Waals surface area contributed by atoms with E-state index in [-0.39, 0.29) is 4.90 Å². The molecule has 0 spiro atoms. The number of imidazole rings is 1. The van der Waals surface area contributed by atoms with Gasteiger partial charge in [-0.1, -0.05) is 30.0 Å². The van der Waals surface area contributed by atoms with Crippen molar-refractivity contribution in [2.75, 3.05) is 26.3 Å². The second-order valence-electron chi connectivity index (χ2n) is 7.60. The number of aryl methyl sites for hydroxylation is 1. The Kier molecular flexibility index (Phi) is 6.24. The molecule has 0 atom stereocenters. The van der Waals surface area contributed by atoms with Gasteiger partial charge in [-0.3, -0.25) is 0 Å². The molecule has 1 aliphatic rings. The average molecular weight is 485 g/mol. The van der Waals surface area contributed by atoms with Crippen LogP contribution in [0.15, 0.2) is 69.3 Å². The molecule has 2 aromatic heterocycles.